The summed E-state index contributed by atoms with van der Waals surface area (Å²) < 4.78 is 29.2. The topological polar surface area (TPSA) is 205 Å². The van der Waals surface area contributed by atoms with Crippen LogP contribution in [0.5, 0.6) is 11.5 Å². The summed E-state index contributed by atoms with van der Waals surface area (Å²) in [6.07, 6.45) is -0.369. The lowest BCUT2D eigenvalue weighted by molar-refractivity contribution is -0.136. The van der Waals surface area contributed by atoms with Gasteiger partial charge >= 0.3 is 5.97 Å². The van der Waals surface area contributed by atoms with Gasteiger partial charge in [-0.3, -0.25) is 10.2 Å². The van der Waals surface area contributed by atoms with Crippen molar-refractivity contribution in [2.45, 2.75) is 11.3 Å². The number of amidine groups is 1. The number of fused-ring (bicyclic) bond motifs is 1. The number of nitrogen functional groups attached to an aromatic ring is 1. The molecule has 0 radical (unpaired) electrons. The first-order chi connectivity index (χ1) is 16.5. The molecule has 4 aromatic rings. The number of nitrogens with two attached hydrogens (primary N) is 2. The summed E-state index contributed by atoms with van der Waals surface area (Å²) in [5, 5.41) is 33.5. The average molecular weight is 496 g/mol. The van der Waals surface area contributed by atoms with E-state index in [1.807, 2.05) is 0 Å². The van der Waals surface area contributed by atoms with Gasteiger partial charge in [0.2, 0.25) is 10.0 Å². The molecule has 12 heteroatoms. The molecule has 0 aliphatic rings. The molecule has 35 heavy (non-hydrogen) atoms. The molecule has 1 aromatic heterocycles. The number of primary sulfonamides is 1. The van der Waals surface area contributed by atoms with Gasteiger partial charge in [0.25, 0.3) is 0 Å². The molecular formula is C23H21N5O6S. The van der Waals surface area contributed by atoms with Crippen LogP contribution in [0.1, 0.15) is 11.1 Å². The number of phenolic OH excluding ortho intramolecular Hbond substituents is 1. The van der Waals surface area contributed by atoms with Crippen LogP contribution in [0, 0.1) is 5.41 Å². The second kappa shape index (κ2) is 8.74. The molecule has 3 aromatic carbocycles. The van der Waals surface area contributed by atoms with Crippen LogP contribution >= 0.6 is 0 Å². The van der Waals surface area contributed by atoms with Crippen molar-refractivity contribution in [2.75, 3.05) is 7.11 Å². The molecule has 0 aliphatic carbocycles. The maximum Gasteiger partial charge on any atom is 0.307 e. The van der Waals surface area contributed by atoms with Gasteiger partial charge in [-0.05, 0) is 54.1 Å². The molecular weight excluding hydrogens is 474 g/mol. The van der Waals surface area contributed by atoms with E-state index in [4.69, 9.17) is 21.0 Å². The minimum atomic E-state index is -4.07. The number of nitrogens with zero attached hydrogens (tertiary/aromatic N) is 1. The van der Waals surface area contributed by atoms with Crippen LogP contribution in [0.3, 0.4) is 0 Å². The first-order valence-electron chi connectivity index (χ1n) is 10.1. The smallest absolute Gasteiger partial charge is 0.307 e. The third-order valence-corrected chi connectivity index (χ3v) is 6.27. The van der Waals surface area contributed by atoms with E-state index >= 15 is 0 Å². The zero-order chi connectivity index (χ0) is 25.5. The highest BCUT2D eigenvalue weighted by Crippen LogP contribution is 2.43. The van der Waals surface area contributed by atoms with Gasteiger partial charge in [-0.25, -0.2) is 18.5 Å². The maximum atomic E-state index is 11.9. The molecule has 0 spiro atoms. The van der Waals surface area contributed by atoms with Gasteiger partial charge in [-0.1, -0.05) is 0 Å². The van der Waals surface area contributed by atoms with E-state index in [2.05, 4.69) is 9.97 Å². The molecule has 0 saturated heterocycles. The number of hydrogen-bond donors (Lipinski definition) is 6. The van der Waals surface area contributed by atoms with E-state index in [1.165, 1.54) is 37.4 Å². The number of aromatic nitrogens is 2. The number of aromatic amines is 1. The van der Waals surface area contributed by atoms with Crippen molar-refractivity contribution in [2.24, 2.45) is 10.9 Å². The Labute approximate surface area is 199 Å². The van der Waals surface area contributed by atoms with Crippen LogP contribution in [-0.4, -0.2) is 47.5 Å². The molecule has 0 bridgehead atoms. The Kier molecular flexibility index (Phi) is 5.92. The molecule has 1 heterocycles. The van der Waals surface area contributed by atoms with E-state index in [-0.39, 0.29) is 51.2 Å². The highest BCUT2D eigenvalue weighted by Gasteiger charge is 2.21. The average Bonchev–Trinajstić information content (AvgIpc) is 3.21. The van der Waals surface area contributed by atoms with Gasteiger partial charge in [0, 0.05) is 16.7 Å². The third-order valence-electron chi connectivity index (χ3n) is 5.36. The molecule has 0 unspecified atom stereocenters. The fourth-order valence-electron chi connectivity index (χ4n) is 3.74. The number of aliphatic carboxylic acids is 1. The van der Waals surface area contributed by atoms with Crippen LogP contribution in [0.2, 0.25) is 0 Å². The summed E-state index contributed by atoms with van der Waals surface area (Å²) in [7, 11) is -2.69. The minimum absolute atomic E-state index is 0.126. The number of methoxy groups -OCH3 is 1. The Hall–Kier alpha value is -4.42. The summed E-state index contributed by atoms with van der Waals surface area (Å²) in [5.74, 6) is -1.04. The molecule has 0 atom stereocenters. The number of carboxylic acids is 1. The van der Waals surface area contributed by atoms with Crippen molar-refractivity contribution in [1.82, 2.24) is 9.97 Å². The second-order valence-electron chi connectivity index (χ2n) is 7.75. The maximum absolute atomic E-state index is 11.9. The lowest BCUT2D eigenvalue weighted by atomic mass is 9.96. The SMILES string of the molecule is COc1ccc(S(N)(=O)=O)cc1-c1cc(CC(=O)O)cc(-c2nc3ccc(C(=N)N)cc3[nH]2)c1O. The van der Waals surface area contributed by atoms with Crippen LogP contribution in [0.15, 0.2) is 53.4 Å². The normalized spacial score (nSPS) is 11.5. The molecule has 0 saturated carbocycles. The Morgan fingerprint density at radius 3 is 2.46 bits per heavy atom. The highest BCUT2D eigenvalue weighted by molar-refractivity contribution is 7.89. The van der Waals surface area contributed by atoms with Gasteiger partial charge in [0.15, 0.2) is 0 Å². The molecule has 8 N–H and O–H groups in total. The number of benzene rings is 3. The van der Waals surface area contributed by atoms with Crippen LogP contribution < -0.4 is 15.6 Å². The van der Waals surface area contributed by atoms with Crippen LogP contribution in [0.4, 0.5) is 0 Å². The van der Waals surface area contributed by atoms with Crippen molar-refractivity contribution < 1.29 is 28.2 Å². The fraction of sp³-hybridized carbons (Fsp3) is 0.0870. The largest absolute Gasteiger partial charge is 0.507 e. The van der Waals surface area contributed by atoms with E-state index < -0.39 is 16.0 Å². The Balaban J connectivity index is 1.99. The number of H-pyrrole nitrogens is 1. The first kappa shape index (κ1) is 23.7. The molecule has 0 amide bonds. The van der Waals surface area contributed by atoms with Gasteiger partial charge in [0.05, 0.1) is 35.0 Å². The minimum Gasteiger partial charge on any atom is -0.507 e. The summed E-state index contributed by atoms with van der Waals surface area (Å²) in [4.78, 5) is 18.8. The number of rotatable bonds is 7. The Bertz CT molecular complexity index is 1610. The summed E-state index contributed by atoms with van der Waals surface area (Å²) in [5.41, 5.74) is 7.94. The van der Waals surface area contributed by atoms with Crippen molar-refractivity contribution >= 4 is 32.9 Å². The summed E-state index contributed by atoms with van der Waals surface area (Å²) >= 11 is 0. The van der Waals surface area contributed by atoms with Gasteiger partial charge < -0.3 is 25.7 Å². The lowest BCUT2D eigenvalue weighted by Crippen LogP contribution is -2.12. The number of ether oxygens (including phenoxy) is 1. The highest BCUT2D eigenvalue weighted by atomic mass is 32.2. The zero-order valence-corrected chi connectivity index (χ0v) is 19.2. The van der Waals surface area contributed by atoms with Crippen LogP contribution in [-0.2, 0) is 21.2 Å². The fourth-order valence-corrected chi connectivity index (χ4v) is 4.28. The van der Waals surface area contributed by atoms with E-state index in [0.29, 0.717) is 22.2 Å². The van der Waals surface area contributed by atoms with E-state index in [0.717, 1.165) is 0 Å². The van der Waals surface area contributed by atoms with Crippen molar-refractivity contribution in [3.63, 3.8) is 0 Å². The lowest BCUT2D eigenvalue weighted by Gasteiger charge is -2.15. The molecule has 11 nitrogen and oxygen atoms in total. The Morgan fingerprint density at radius 1 is 1.11 bits per heavy atom. The molecule has 180 valence electrons. The predicted molar refractivity (Wildman–Crippen MR) is 129 cm³/mol. The number of imidazole rings is 1. The molecule has 0 aliphatic heterocycles. The number of sulfonamides is 1. The standard InChI is InChI=1S/C23H21N5O6S/c1-34-19-5-3-13(35(26,32)33)10-14(19)15-6-11(8-20(29)30)7-16(21(15)31)23-27-17-4-2-12(22(24)25)9-18(17)28-23/h2-7,9-10,31H,8H2,1H3,(H3,24,25)(H,27,28)(H,29,30)(H2,26,32,33). The molecule has 0 fully saturated rings. The number of hydrogen-bond acceptors (Lipinski definition) is 7. The van der Waals surface area contributed by atoms with Gasteiger partial charge in [-0.2, -0.15) is 0 Å². The van der Waals surface area contributed by atoms with E-state index in [9.17, 15) is 23.4 Å². The number of carbonyl (C=O) groups is 1. The number of carboxylic acid groups (broad SMARTS) is 1. The van der Waals surface area contributed by atoms with Crippen molar-refractivity contribution in [3.8, 4) is 34.0 Å². The number of phenols is 1. The third kappa shape index (κ3) is 4.65. The van der Waals surface area contributed by atoms with Gasteiger partial charge in [-0.15, -0.1) is 0 Å². The van der Waals surface area contributed by atoms with Crippen molar-refractivity contribution in [1.29, 1.82) is 5.41 Å². The Morgan fingerprint density at radius 2 is 1.83 bits per heavy atom. The molecule has 4 rings (SSSR count). The zero-order valence-electron chi connectivity index (χ0n) is 18.4. The first-order valence-corrected chi connectivity index (χ1v) is 11.7. The summed E-state index contributed by atoms with van der Waals surface area (Å²) in [6.45, 7) is 0. The number of aromatic hydroxyl groups is 1. The quantitative estimate of drug-likeness (QED) is 0.165. The van der Waals surface area contributed by atoms with Crippen molar-refractivity contribution in [3.05, 3.63) is 59.7 Å². The predicted octanol–water partition coefficient (Wildman–Crippen LogP) is 2.17. The monoisotopic (exact) mass is 495 g/mol. The summed E-state index contributed by atoms with van der Waals surface area (Å²) in [6, 6.07) is 11.7. The van der Waals surface area contributed by atoms with Gasteiger partial charge in [0.1, 0.15) is 23.2 Å². The number of nitrogens with one attached hydrogen (secondary N) is 2. The van der Waals surface area contributed by atoms with Crippen LogP contribution in [0.25, 0.3) is 33.5 Å². The second-order valence-corrected chi connectivity index (χ2v) is 9.31. The van der Waals surface area contributed by atoms with E-state index in [1.54, 1.807) is 18.2 Å².